The lowest BCUT2D eigenvalue weighted by molar-refractivity contribution is -0.177. The quantitative estimate of drug-likeness (QED) is 0.0640. The monoisotopic (exact) mass is 1920 g/mol. The van der Waals surface area contributed by atoms with Gasteiger partial charge in [0, 0.05) is 122 Å². The normalized spacial score (nSPS) is 38.4. The Morgan fingerprint density at radius 2 is 0.459 bits per heavy atom. The molecule has 0 aromatic heterocycles. The Balaban J connectivity index is 0.000000796. The van der Waals surface area contributed by atoms with Crippen molar-refractivity contribution in [3.05, 3.63) is 0 Å². The third-order valence-corrected chi connectivity index (χ3v) is 34.2. The second-order valence-electron chi connectivity index (χ2n) is 41.2. The summed E-state index contributed by atoms with van der Waals surface area (Å²) in [5.41, 5.74) is -1.40. The Bertz CT molecular complexity index is 3890. The van der Waals surface area contributed by atoms with Gasteiger partial charge < -0.3 is 75.8 Å². The van der Waals surface area contributed by atoms with Gasteiger partial charge in [0.15, 0.2) is 0 Å². The number of esters is 12. The van der Waals surface area contributed by atoms with Gasteiger partial charge in [0.2, 0.25) is 0 Å². The molecule has 18 rings (SSSR count). The average molecular weight is 1920 g/mol. The highest BCUT2D eigenvalue weighted by Crippen LogP contribution is 2.64. The molecule has 6 saturated heterocycles. The third kappa shape index (κ3) is 23.1. The molecule has 12 saturated carbocycles. The molecule has 0 radical (unpaired) electrons. The van der Waals surface area contributed by atoms with Crippen molar-refractivity contribution in [1.29, 1.82) is 0 Å². The Morgan fingerprint density at radius 3 is 0.689 bits per heavy atom. The van der Waals surface area contributed by atoms with Gasteiger partial charge in [-0.1, -0.05) is 165 Å². The summed E-state index contributed by atoms with van der Waals surface area (Å²) < 4.78 is 88.8. The molecule has 0 spiro atoms. The zero-order chi connectivity index (χ0) is 89.4. The number of hydrogen-bond acceptors (Lipinski definition) is 28. The molecule has 39 unspecified atom stereocenters. The lowest BCUT2D eigenvalue weighted by Crippen LogP contribution is -2.47. The lowest BCUT2D eigenvalue weighted by Gasteiger charge is -2.36. The van der Waals surface area contributed by atoms with E-state index in [0.717, 1.165) is 77.0 Å². The predicted octanol–water partition coefficient (Wildman–Crippen LogP) is 19.2. The van der Waals surface area contributed by atoms with Crippen LogP contribution < -0.4 is 0 Å². The van der Waals surface area contributed by atoms with E-state index in [2.05, 4.69) is 13.8 Å². The van der Waals surface area contributed by atoms with Crippen molar-refractivity contribution >= 4 is 71.6 Å². The van der Waals surface area contributed by atoms with Crippen LogP contribution in [-0.2, 0) is 133 Å². The number of fused-ring (bicyclic) bond motifs is 30. The molecule has 6 aliphatic heterocycles. The van der Waals surface area contributed by atoms with Crippen LogP contribution in [0.25, 0.3) is 0 Å². The van der Waals surface area contributed by atoms with Gasteiger partial charge in [0.05, 0.1) is 134 Å². The van der Waals surface area contributed by atoms with Crippen molar-refractivity contribution in [2.24, 2.45) is 188 Å². The molecule has 0 aromatic rings. The minimum atomic E-state index is -0.486. The van der Waals surface area contributed by atoms with Crippen LogP contribution >= 0.6 is 0 Å². The number of methoxy groups -OCH3 is 2. The molecule has 6 heterocycles. The number of cyclic esters (lactones) is 6. The number of carbonyl (C=O) groups is 12. The fourth-order valence-corrected chi connectivity index (χ4v) is 25.3. The second kappa shape index (κ2) is 50.7. The average Bonchev–Trinajstić information content (AvgIpc) is 1.56. The molecule has 12 bridgehead atoms. The summed E-state index contributed by atoms with van der Waals surface area (Å²) in [7, 11) is 3.26. The van der Waals surface area contributed by atoms with Crippen LogP contribution in [0.4, 0.5) is 0 Å². The van der Waals surface area contributed by atoms with E-state index in [4.69, 9.17) is 75.8 Å². The second-order valence-corrected chi connectivity index (χ2v) is 41.2. The summed E-state index contributed by atoms with van der Waals surface area (Å²) >= 11 is 0. The maximum atomic E-state index is 12.5. The Kier molecular flexibility index (Phi) is 47.5. The highest BCUT2D eigenvalue weighted by molar-refractivity contribution is 5.82. The van der Waals surface area contributed by atoms with Gasteiger partial charge in [0.1, 0.15) is 36.6 Å². The summed E-state index contributed by atoms with van der Waals surface area (Å²) in [6.45, 7) is 41.2. The molecule has 0 N–H and O–H groups in total. The molecule has 0 amide bonds. The zero-order valence-electron chi connectivity index (χ0n) is 76.6. The fourth-order valence-electron chi connectivity index (χ4n) is 25.3. The first kappa shape index (κ1) is 126. The standard InChI is InChI=1S/C17H26O5.2C16H24O5.C16H24O4.C15H22O5.C15H22O4.12CH4/c1-5-17(3,4)16(19)22-14-9-7-10(13(14)20-6-2)12-11(9)8-21-15(12)18;1-5-16(2,3)15(18)21-13-8-6-9(12(13)19-4)11-10(8)7-20-14(11)17;1-4-8(3)15(17)21-14-9-6-10(13(14)19-5-2)12-11(9)7-20-16(12)18;1-5-16(3,4)15(18)20-13-8(2)9-6-10(13)11-7-19-14(17)12(9)11;1-4-7(2)14(16)20-13-8-5-9(12(13)18-3)11-10(8)6-19-15(11)17;1-4-7(2)14(16)19-13-8(3)9-5-10(13)11-6-18-15(17)12(9)11;;;;;;;;;;;;/h9-14H,5-8H2,1-4H3;8-13H,5-7H2,1-4H3;8-14H,4-7H2,1-3H3;8-13H,5-7H2,1-4H3;7-13H,4-6H2,1-3H3;7-13H,4-6H2,1-3H3;12*1H4. The molecule has 135 heavy (non-hydrogen) atoms. The van der Waals surface area contributed by atoms with Crippen molar-refractivity contribution in [3.63, 3.8) is 0 Å². The van der Waals surface area contributed by atoms with Crippen LogP contribution in [0.15, 0.2) is 0 Å². The van der Waals surface area contributed by atoms with Gasteiger partial charge in [0.25, 0.3) is 0 Å². The number of carbonyl (C=O) groups excluding carboxylic acids is 12. The molecule has 786 valence electrons. The summed E-state index contributed by atoms with van der Waals surface area (Å²) in [4.78, 5) is 144. The maximum Gasteiger partial charge on any atom is 0.311 e. The zero-order valence-corrected chi connectivity index (χ0v) is 76.6. The van der Waals surface area contributed by atoms with Crippen LogP contribution in [0, 0.1) is 188 Å². The largest absolute Gasteiger partial charge is 0.465 e. The first-order chi connectivity index (χ1) is 58.4. The van der Waals surface area contributed by atoms with Gasteiger partial charge in [-0.3, -0.25) is 57.5 Å². The Labute approximate surface area is 814 Å². The minimum absolute atomic E-state index is 0. The SMILES string of the molecule is C.C.C.C.C.C.C.C.C.C.C.C.CCC(C)(C)C(=O)OC1C(C)C2CC1C1COC(=O)C21.CCC(C)(C)C(=O)OC1C2CC(C1OC)C1C(=O)OCC21.CCC(C)C(=O)OC1C(C)C2CC1C1COC(=O)C21.CCC(C)C(=O)OC1C2CC(C1OC)C1C(=O)OCC21.CCOC1C2CC(C3COC(=O)C32)C1OC(=O)C(C)(C)CC.CCOC1C2CC(C3COC(=O)C32)C1OC(=O)C(C)CC. The highest BCUT2D eigenvalue weighted by Gasteiger charge is 2.71. The first-order valence-electron chi connectivity index (χ1n) is 46.9. The van der Waals surface area contributed by atoms with Gasteiger partial charge in [-0.25, -0.2) is 0 Å². The fraction of sp³-hybridized carbons (Fsp3) is 0.888. The predicted molar refractivity (Wildman–Crippen MR) is 519 cm³/mol. The Hall–Kier alpha value is -6.52. The smallest absolute Gasteiger partial charge is 0.311 e. The van der Waals surface area contributed by atoms with E-state index in [0.29, 0.717) is 76.5 Å². The lowest BCUT2D eigenvalue weighted by atomic mass is 9.74. The Morgan fingerprint density at radius 1 is 0.274 bits per heavy atom. The molecule has 28 nitrogen and oxygen atoms in total. The van der Waals surface area contributed by atoms with E-state index in [9.17, 15) is 57.5 Å². The molecule has 39 atom stereocenters. The molecule has 12 aliphatic carbocycles. The van der Waals surface area contributed by atoms with E-state index in [1.54, 1.807) is 14.2 Å². The van der Waals surface area contributed by atoms with Crippen LogP contribution in [0.5, 0.6) is 0 Å². The first-order valence-corrected chi connectivity index (χ1v) is 46.9. The molecule has 0 aromatic carbocycles. The molecular weight excluding hydrogens is 1730 g/mol. The van der Waals surface area contributed by atoms with E-state index in [-0.39, 0.29) is 370 Å². The maximum absolute atomic E-state index is 12.5. The summed E-state index contributed by atoms with van der Waals surface area (Å²) in [5.74, 6) is 2.90. The number of ether oxygens (including phenoxy) is 16. The van der Waals surface area contributed by atoms with E-state index in [1.807, 2.05) is 118 Å². The van der Waals surface area contributed by atoms with Gasteiger partial charge in [-0.15, -0.1) is 0 Å². The van der Waals surface area contributed by atoms with Crippen LogP contribution in [0.2, 0.25) is 0 Å². The van der Waals surface area contributed by atoms with Crippen molar-refractivity contribution < 1.29 is 133 Å². The van der Waals surface area contributed by atoms with Gasteiger partial charge >= 0.3 is 71.6 Å². The van der Waals surface area contributed by atoms with Crippen molar-refractivity contribution in [3.8, 4) is 0 Å². The summed E-state index contributed by atoms with van der Waals surface area (Å²) in [6.07, 6.45) is 8.60. The van der Waals surface area contributed by atoms with Gasteiger partial charge in [-0.2, -0.15) is 0 Å². The van der Waals surface area contributed by atoms with Crippen molar-refractivity contribution in [1.82, 2.24) is 0 Å². The van der Waals surface area contributed by atoms with Gasteiger partial charge in [-0.05, 0) is 156 Å². The summed E-state index contributed by atoms with van der Waals surface area (Å²) in [6, 6.07) is 0. The molecule has 28 heteroatoms. The summed E-state index contributed by atoms with van der Waals surface area (Å²) in [5, 5.41) is 0. The minimum Gasteiger partial charge on any atom is -0.465 e. The molecule has 18 fully saturated rings. The number of rotatable bonds is 24. The third-order valence-electron chi connectivity index (χ3n) is 34.2. The van der Waals surface area contributed by atoms with Crippen molar-refractivity contribution in [2.75, 3.05) is 67.1 Å². The van der Waals surface area contributed by atoms with Crippen LogP contribution in [0.3, 0.4) is 0 Å². The molecule has 18 aliphatic rings. The van der Waals surface area contributed by atoms with Crippen LogP contribution in [-0.4, -0.2) is 200 Å². The van der Waals surface area contributed by atoms with Crippen molar-refractivity contribution in [2.45, 2.75) is 359 Å². The van der Waals surface area contributed by atoms with E-state index < -0.39 is 16.2 Å². The highest BCUT2D eigenvalue weighted by atomic mass is 16.6. The van der Waals surface area contributed by atoms with E-state index >= 15 is 0 Å². The number of hydrogen-bond donors (Lipinski definition) is 0. The van der Waals surface area contributed by atoms with Crippen LogP contribution in [0.1, 0.15) is 298 Å². The topological polar surface area (TPSA) is 353 Å². The van der Waals surface area contributed by atoms with E-state index in [1.165, 1.54) is 0 Å². The molecular formula is C107H190O28.